The number of aromatic nitrogens is 2. The maximum absolute atomic E-state index is 9.90. The SMILES string of the molecule is CCc1nc(CN2CCO[C@H](CO)[C@H]2c2ccc(OC)c(OC)c2)c(C)[nH]1. The van der Waals surface area contributed by atoms with E-state index in [1.807, 2.05) is 18.2 Å². The van der Waals surface area contributed by atoms with Gasteiger partial charge in [-0.1, -0.05) is 13.0 Å². The number of nitrogens with zero attached hydrogens (tertiary/aromatic N) is 2. The molecular weight excluding hydrogens is 346 g/mol. The summed E-state index contributed by atoms with van der Waals surface area (Å²) in [5, 5.41) is 9.90. The van der Waals surface area contributed by atoms with Crippen molar-refractivity contribution in [3.05, 3.63) is 41.0 Å². The van der Waals surface area contributed by atoms with Gasteiger partial charge in [0, 0.05) is 25.2 Å². The van der Waals surface area contributed by atoms with E-state index >= 15 is 0 Å². The molecule has 2 atom stereocenters. The maximum Gasteiger partial charge on any atom is 0.161 e. The number of hydrogen-bond acceptors (Lipinski definition) is 6. The number of aliphatic hydroxyl groups is 1. The molecule has 2 N–H and O–H groups in total. The van der Waals surface area contributed by atoms with Crippen molar-refractivity contribution in [2.45, 2.75) is 39.0 Å². The number of benzene rings is 1. The van der Waals surface area contributed by atoms with Crippen LogP contribution in [0.5, 0.6) is 11.5 Å². The summed E-state index contributed by atoms with van der Waals surface area (Å²) in [5.41, 5.74) is 3.15. The first-order valence-electron chi connectivity index (χ1n) is 9.34. The molecule has 1 aromatic carbocycles. The van der Waals surface area contributed by atoms with Crippen LogP contribution in [0, 0.1) is 6.92 Å². The van der Waals surface area contributed by atoms with Crippen LogP contribution in [0.3, 0.4) is 0 Å². The van der Waals surface area contributed by atoms with Gasteiger partial charge >= 0.3 is 0 Å². The van der Waals surface area contributed by atoms with Crippen LogP contribution in [0.1, 0.15) is 35.7 Å². The molecule has 3 rings (SSSR count). The minimum atomic E-state index is -0.304. The highest BCUT2D eigenvalue weighted by Gasteiger charge is 2.34. The second-order valence-electron chi connectivity index (χ2n) is 6.73. The zero-order valence-corrected chi connectivity index (χ0v) is 16.5. The molecule has 148 valence electrons. The van der Waals surface area contributed by atoms with Crippen LogP contribution < -0.4 is 9.47 Å². The predicted molar refractivity (Wildman–Crippen MR) is 102 cm³/mol. The average molecular weight is 375 g/mol. The van der Waals surface area contributed by atoms with E-state index in [0.29, 0.717) is 24.7 Å². The van der Waals surface area contributed by atoms with Crippen LogP contribution in [0.4, 0.5) is 0 Å². The lowest BCUT2D eigenvalue weighted by molar-refractivity contribution is -0.0964. The molecule has 0 bridgehead atoms. The summed E-state index contributed by atoms with van der Waals surface area (Å²) in [6.07, 6.45) is 0.573. The second kappa shape index (κ2) is 8.73. The summed E-state index contributed by atoms with van der Waals surface area (Å²) in [7, 11) is 3.25. The van der Waals surface area contributed by atoms with Crippen molar-refractivity contribution in [3.8, 4) is 11.5 Å². The highest BCUT2D eigenvalue weighted by Crippen LogP contribution is 2.36. The summed E-state index contributed by atoms with van der Waals surface area (Å²) in [5.74, 6) is 2.35. The molecule has 1 aromatic heterocycles. The number of H-pyrrole nitrogens is 1. The van der Waals surface area contributed by atoms with E-state index in [1.54, 1.807) is 14.2 Å². The third-order valence-corrected chi connectivity index (χ3v) is 5.11. The Bertz CT molecular complexity index is 762. The summed E-state index contributed by atoms with van der Waals surface area (Å²) < 4.78 is 16.7. The largest absolute Gasteiger partial charge is 0.493 e. The van der Waals surface area contributed by atoms with E-state index in [4.69, 9.17) is 19.2 Å². The highest BCUT2D eigenvalue weighted by atomic mass is 16.5. The number of aryl methyl sites for hydroxylation is 2. The smallest absolute Gasteiger partial charge is 0.161 e. The molecule has 0 aliphatic carbocycles. The standard InChI is InChI=1S/C20H29N3O4/c1-5-19-21-13(2)15(22-19)11-23-8-9-27-18(12-24)20(23)14-6-7-16(25-3)17(10-14)26-4/h6-7,10,18,20,24H,5,8-9,11-12H2,1-4H3,(H,21,22)/t18-,20-/m1/s1. The Hall–Kier alpha value is -2.09. The topological polar surface area (TPSA) is 79.8 Å². The van der Waals surface area contributed by atoms with Gasteiger partial charge in [0.1, 0.15) is 11.9 Å². The molecule has 0 spiro atoms. The van der Waals surface area contributed by atoms with Gasteiger partial charge in [-0.05, 0) is 24.6 Å². The van der Waals surface area contributed by atoms with Crippen LogP contribution in [0.15, 0.2) is 18.2 Å². The predicted octanol–water partition coefficient (Wildman–Crippen LogP) is 2.23. The van der Waals surface area contributed by atoms with E-state index in [-0.39, 0.29) is 18.8 Å². The van der Waals surface area contributed by atoms with Crippen molar-refractivity contribution in [2.24, 2.45) is 0 Å². The van der Waals surface area contributed by atoms with Crippen LogP contribution in [0.25, 0.3) is 0 Å². The lowest BCUT2D eigenvalue weighted by atomic mass is 9.97. The Balaban J connectivity index is 1.93. The molecule has 27 heavy (non-hydrogen) atoms. The molecular formula is C20H29N3O4. The first kappa shape index (κ1) is 19.7. The third kappa shape index (κ3) is 4.10. The molecule has 0 radical (unpaired) electrons. The normalized spacial score (nSPS) is 20.6. The number of aliphatic hydroxyl groups excluding tert-OH is 1. The van der Waals surface area contributed by atoms with Gasteiger partial charge in [-0.3, -0.25) is 4.90 Å². The maximum atomic E-state index is 9.90. The zero-order valence-electron chi connectivity index (χ0n) is 16.5. The number of methoxy groups -OCH3 is 2. The molecule has 2 aromatic rings. The van der Waals surface area contributed by atoms with Crippen molar-refractivity contribution in [3.63, 3.8) is 0 Å². The molecule has 7 nitrogen and oxygen atoms in total. The van der Waals surface area contributed by atoms with Crippen molar-refractivity contribution < 1.29 is 19.3 Å². The lowest BCUT2D eigenvalue weighted by Gasteiger charge is -2.40. The van der Waals surface area contributed by atoms with E-state index in [0.717, 1.165) is 35.7 Å². The van der Waals surface area contributed by atoms with Gasteiger partial charge in [-0.2, -0.15) is 0 Å². The Morgan fingerprint density at radius 3 is 2.70 bits per heavy atom. The van der Waals surface area contributed by atoms with Gasteiger partial charge in [0.05, 0.1) is 39.2 Å². The van der Waals surface area contributed by atoms with Crippen LogP contribution in [-0.4, -0.2) is 60.1 Å². The Labute approximate surface area is 160 Å². The van der Waals surface area contributed by atoms with Crippen LogP contribution >= 0.6 is 0 Å². The minimum absolute atomic E-state index is 0.0464. The molecule has 1 aliphatic rings. The molecule has 1 saturated heterocycles. The molecule has 0 amide bonds. The summed E-state index contributed by atoms with van der Waals surface area (Å²) >= 11 is 0. The van der Waals surface area contributed by atoms with E-state index in [2.05, 4.69) is 23.7 Å². The van der Waals surface area contributed by atoms with Gasteiger partial charge < -0.3 is 24.3 Å². The Morgan fingerprint density at radius 1 is 1.30 bits per heavy atom. The van der Waals surface area contributed by atoms with Gasteiger partial charge in [-0.25, -0.2) is 4.98 Å². The number of aromatic amines is 1. The number of ether oxygens (including phenoxy) is 3. The monoisotopic (exact) mass is 375 g/mol. The zero-order chi connectivity index (χ0) is 19.4. The minimum Gasteiger partial charge on any atom is -0.493 e. The van der Waals surface area contributed by atoms with Crippen molar-refractivity contribution >= 4 is 0 Å². The van der Waals surface area contributed by atoms with Gasteiger partial charge in [0.15, 0.2) is 11.5 Å². The number of rotatable bonds is 7. The number of imidazole rings is 1. The fraction of sp³-hybridized carbons (Fsp3) is 0.550. The van der Waals surface area contributed by atoms with Crippen molar-refractivity contribution in [1.82, 2.24) is 14.9 Å². The highest BCUT2D eigenvalue weighted by molar-refractivity contribution is 5.44. The van der Waals surface area contributed by atoms with E-state index in [9.17, 15) is 5.11 Å². The Kier molecular flexibility index (Phi) is 6.36. The molecule has 1 fully saturated rings. The lowest BCUT2D eigenvalue weighted by Crippen LogP contribution is -2.46. The fourth-order valence-electron chi connectivity index (χ4n) is 3.66. The molecule has 2 heterocycles. The summed E-state index contributed by atoms with van der Waals surface area (Å²) in [6, 6.07) is 5.77. The second-order valence-corrected chi connectivity index (χ2v) is 6.73. The van der Waals surface area contributed by atoms with Crippen LogP contribution in [0.2, 0.25) is 0 Å². The Morgan fingerprint density at radius 2 is 2.07 bits per heavy atom. The van der Waals surface area contributed by atoms with E-state index < -0.39 is 0 Å². The average Bonchev–Trinajstić information content (AvgIpc) is 3.06. The summed E-state index contributed by atoms with van der Waals surface area (Å²) in [6.45, 7) is 6.14. The fourth-order valence-corrected chi connectivity index (χ4v) is 3.66. The van der Waals surface area contributed by atoms with Crippen molar-refractivity contribution in [2.75, 3.05) is 34.0 Å². The summed E-state index contributed by atoms with van der Waals surface area (Å²) in [4.78, 5) is 10.4. The van der Waals surface area contributed by atoms with Crippen LogP contribution in [-0.2, 0) is 17.7 Å². The molecule has 1 aliphatic heterocycles. The quantitative estimate of drug-likeness (QED) is 0.773. The van der Waals surface area contributed by atoms with Gasteiger partial charge in [0.2, 0.25) is 0 Å². The van der Waals surface area contributed by atoms with E-state index in [1.165, 1.54) is 0 Å². The number of hydrogen-bond donors (Lipinski definition) is 2. The van der Waals surface area contributed by atoms with Crippen molar-refractivity contribution in [1.29, 1.82) is 0 Å². The number of morpholine rings is 1. The first-order valence-corrected chi connectivity index (χ1v) is 9.34. The third-order valence-electron chi connectivity index (χ3n) is 5.11. The molecule has 7 heteroatoms. The van der Waals surface area contributed by atoms with Gasteiger partial charge in [-0.15, -0.1) is 0 Å². The molecule has 0 unspecified atom stereocenters. The number of nitrogens with one attached hydrogen (secondary N) is 1. The first-order chi connectivity index (χ1) is 13.1. The molecule has 0 saturated carbocycles. The van der Waals surface area contributed by atoms with Gasteiger partial charge in [0.25, 0.3) is 0 Å².